The van der Waals surface area contributed by atoms with E-state index < -0.39 is 0 Å². The molecule has 0 amide bonds. The molecule has 0 saturated carbocycles. The van der Waals surface area contributed by atoms with Crippen molar-refractivity contribution in [3.8, 4) is 0 Å². The molecule has 0 aromatic carbocycles. The SMILES string of the molecule is CCCNC1CCOCC1Cc1c(Cl)c(C)nn1CC. The normalized spacial score (nSPS) is 23.2. The summed E-state index contributed by atoms with van der Waals surface area (Å²) in [5.41, 5.74) is 2.09. The minimum absolute atomic E-state index is 0.481. The van der Waals surface area contributed by atoms with Crippen LogP contribution in [-0.2, 0) is 17.7 Å². The van der Waals surface area contributed by atoms with E-state index in [1.807, 2.05) is 11.6 Å². The van der Waals surface area contributed by atoms with Gasteiger partial charge < -0.3 is 10.1 Å². The van der Waals surface area contributed by atoms with Crippen LogP contribution in [0, 0.1) is 12.8 Å². The van der Waals surface area contributed by atoms with Gasteiger partial charge in [0.25, 0.3) is 0 Å². The summed E-state index contributed by atoms with van der Waals surface area (Å²) in [6.07, 6.45) is 3.19. The van der Waals surface area contributed by atoms with Crippen LogP contribution in [0.2, 0.25) is 5.02 Å². The molecule has 0 bridgehead atoms. The quantitative estimate of drug-likeness (QED) is 0.878. The smallest absolute Gasteiger partial charge is 0.0847 e. The van der Waals surface area contributed by atoms with E-state index in [4.69, 9.17) is 16.3 Å². The lowest BCUT2D eigenvalue weighted by molar-refractivity contribution is 0.0315. The number of hydrogen-bond donors (Lipinski definition) is 1. The second-order valence-electron chi connectivity index (χ2n) is 5.55. The van der Waals surface area contributed by atoms with Gasteiger partial charge in [0.15, 0.2) is 0 Å². The lowest BCUT2D eigenvalue weighted by atomic mass is 9.91. The van der Waals surface area contributed by atoms with Crippen molar-refractivity contribution in [3.63, 3.8) is 0 Å². The first-order chi connectivity index (χ1) is 9.67. The van der Waals surface area contributed by atoms with Crippen LogP contribution in [-0.4, -0.2) is 35.6 Å². The van der Waals surface area contributed by atoms with Gasteiger partial charge in [-0.3, -0.25) is 4.68 Å². The summed E-state index contributed by atoms with van der Waals surface area (Å²) in [6.45, 7) is 9.89. The van der Waals surface area contributed by atoms with Gasteiger partial charge in [-0.1, -0.05) is 18.5 Å². The highest BCUT2D eigenvalue weighted by molar-refractivity contribution is 6.31. The first-order valence-corrected chi connectivity index (χ1v) is 8.08. The molecule has 114 valence electrons. The Morgan fingerprint density at radius 3 is 2.95 bits per heavy atom. The third kappa shape index (κ3) is 3.54. The molecule has 20 heavy (non-hydrogen) atoms. The van der Waals surface area contributed by atoms with Crippen molar-refractivity contribution in [2.75, 3.05) is 19.8 Å². The fourth-order valence-corrected chi connectivity index (χ4v) is 3.12. The predicted molar refractivity (Wildman–Crippen MR) is 82.4 cm³/mol. The molecule has 4 nitrogen and oxygen atoms in total. The van der Waals surface area contributed by atoms with Gasteiger partial charge in [-0.05, 0) is 39.7 Å². The molecular formula is C15H26ClN3O. The maximum Gasteiger partial charge on any atom is 0.0847 e. The molecular weight excluding hydrogens is 274 g/mol. The van der Waals surface area contributed by atoms with E-state index in [0.29, 0.717) is 12.0 Å². The van der Waals surface area contributed by atoms with Crippen LogP contribution in [0.15, 0.2) is 0 Å². The maximum atomic E-state index is 6.42. The van der Waals surface area contributed by atoms with E-state index in [2.05, 4.69) is 24.3 Å². The fraction of sp³-hybridized carbons (Fsp3) is 0.800. The third-order valence-electron chi connectivity index (χ3n) is 4.04. The highest BCUT2D eigenvalue weighted by Crippen LogP contribution is 2.26. The Bertz CT molecular complexity index is 433. The average Bonchev–Trinajstić information content (AvgIpc) is 2.74. The van der Waals surface area contributed by atoms with Crippen molar-refractivity contribution in [2.24, 2.45) is 5.92 Å². The van der Waals surface area contributed by atoms with E-state index >= 15 is 0 Å². The number of hydrogen-bond acceptors (Lipinski definition) is 3. The largest absolute Gasteiger partial charge is 0.381 e. The summed E-state index contributed by atoms with van der Waals surface area (Å²) >= 11 is 6.42. The van der Waals surface area contributed by atoms with Crippen LogP contribution in [0.1, 0.15) is 38.1 Å². The Kier molecular flexibility index (Phi) is 5.87. The zero-order chi connectivity index (χ0) is 14.5. The summed E-state index contributed by atoms with van der Waals surface area (Å²) in [4.78, 5) is 0. The third-order valence-corrected chi connectivity index (χ3v) is 4.53. The maximum absolute atomic E-state index is 6.42. The van der Waals surface area contributed by atoms with Crippen LogP contribution in [0.25, 0.3) is 0 Å². The first-order valence-electron chi connectivity index (χ1n) is 7.70. The van der Waals surface area contributed by atoms with Crippen LogP contribution < -0.4 is 5.32 Å². The van der Waals surface area contributed by atoms with E-state index in [1.165, 1.54) is 0 Å². The van der Waals surface area contributed by atoms with Gasteiger partial charge in [0, 0.05) is 25.1 Å². The summed E-state index contributed by atoms with van der Waals surface area (Å²) < 4.78 is 7.70. The zero-order valence-corrected chi connectivity index (χ0v) is 13.5. The number of nitrogens with zero attached hydrogens (tertiary/aromatic N) is 2. The highest BCUT2D eigenvalue weighted by Gasteiger charge is 2.27. The molecule has 1 aromatic rings. The fourth-order valence-electron chi connectivity index (χ4n) is 2.91. The minimum atomic E-state index is 0.481. The molecule has 1 saturated heterocycles. The van der Waals surface area contributed by atoms with Crippen LogP contribution in [0.5, 0.6) is 0 Å². The van der Waals surface area contributed by atoms with Gasteiger partial charge in [0.05, 0.1) is 23.0 Å². The molecule has 5 heteroatoms. The Hall–Kier alpha value is -0.580. The van der Waals surface area contributed by atoms with Crippen molar-refractivity contribution in [3.05, 3.63) is 16.4 Å². The van der Waals surface area contributed by atoms with E-state index in [1.54, 1.807) is 0 Å². The predicted octanol–water partition coefficient (Wildman–Crippen LogP) is 2.81. The molecule has 1 aliphatic rings. The van der Waals surface area contributed by atoms with Gasteiger partial charge in [-0.2, -0.15) is 5.10 Å². The molecule has 0 spiro atoms. The second-order valence-corrected chi connectivity index (χ2v) is 5.93. The molecule has 1 aliphatic heterocycles. The number of rotatable bonds is 6. The molecule has 0 radical (unpaired) electrons. The highest BCUT2D eigenvalue weighted by atomic mass is 35.5. The van der Waals surface area contributed by atoms with Crippen LogP contribution in [0.4, 0.5) is 0 Å². The average molecular weight is 300 g/mol. The van der Waals surface area contributed by atoms with Gasteiger partial charge in [0.1, 0.15) is 0 Å². The lowest BCUT2D eigenvalue weighted by Crippen LogP contribution is -2.44. The molecule has 2 atom stereocenters. The Labute approximate surface area is 126 Å². The standard InChI is InChI=1S/C15H26ClN3O/c1-4-7-17-13-6-8-20-10-12(13)9-14-15(16)11(3)18-19(14)5-2/h12-13,17H,4-10H2,1-3H3. The zero-order valence-electron chi connectivity index (χ0n) is 12.8. The number of nitrogens with one attached hydrogen (secondary N) is 1. The summed E-state index contributed by atoms with van der Waals surface area (Å²) in [5.74, 6) is 0.481. The number of halogens is 1. The van der Waals surface area contributed by atoms with Crippen molar-refractivity contribution in [1.82, 2.24) is 15.1 Å². The second kappa shape index (κ2) is 7.43. The van der Waals surface area contributed by atoms with Crippen LogP contribution in [0.3, 0.4) is 0 Å². The van der Waals surface area contributed by atoms with E-state index in [9.17, 15) is 0 Å². The minimum Gasteiger partial charge on any atom is -0.381 e. The van der Waals surface area contributed by atoms with Crippen LogP contribution >= 0.6 is 11.6 Å². The van der Waals surface area contributed by atoms with Gasteiger partial charge in [-0.15, -0.1) is 0 Å². The van der Waals surface area contributed by atoms with Crippen molar-refractivity contribution in [2.45, 2.75) is 52.6 Å². The monoisotopic (exact) mass is 299 g/mol. The Morgan fingerprint density at radius 1 is 1.45 bits per heavy atom. The van der Waals surface area contributed by atoms with E-state index in [-0.39, 0.29) is 0 Å². The number of aromatic nitrogens is 2. The summed E-state index contributed by atoms with van der Waals surface area (Å²) in [7, 11) is 0. The van der Waals surface area contributed by atoms with Crippen molar-refractivity contribution < 1.29 is 4.74 Å². The van der Waals surface area contributed by atoms with Gasteiger partial charge in [-0.25, -0.2) is 0 Å². The molecule has 1 fully saturated rings. The van der Waals surface area contributed by atoms with E-state index in [0.717, 1.165) is 62.0 Å². The van der Waals surface area contributed by atoms with Crippen molar-refractivity contribution in [1.29, 1.82) is 0 Å². The van der Waals surface area contributed by atoms with Gasteiger partial charge >= 0.3 is 0 Å². The lowest BCUT2D eigenvalue weighted by Gasteiger charge is -2.32. The summed E-state index contributed by atoms with van der Waals surface area (Å²) in [5, 5.41) is 8.98. The molecule has 1 aromatic heterocycles. The topological polar surface area (TPSA) is 39.1 Å². The summed E-state index contributed by atoms with van der Waals surface area (Å²) in [6, 6.07) is 0.528. The first kappa shape index (κ1) is 15.8. The molecule has 2 rings (SSSR count). The molecule has 2 unspecified atom stereocenters. The number of aryl methyl sites for hydroxylation is 2. The number of ether oxygens (including phenoxy) is 1. The Morgan fingerprint density at radius 2 is 2.25 bits per heavy atom. The molecule has 1 N–H and O–H groups in total. The van der Waals surface area contributed by atoms with Crippen molar-refractivity contribution >= 4 is 11.6 Å². The molecule has 0 aliphatic carbocycles. The van der Waals surface area contributed by atoms with Gasteiger partial charge in [0.2, 0.25) is 0 Å². The molecule has 2 heterocycles. The Balaban J connectivity index is 2.10.